The lowest BCUT2D eigenvalue weighted by atomic mass is 10.1. The van der Waals surface area contributed by atoms with Crippen LogP contribution < -0.4 is 15.4 Å². The number of nitrogens with zero attached hydrogens (tertiary/aromatic N) is 1. The molecule has 29 heavy (non-hydrogen) atoms. The summed E-state index contributed by atoms with van der Waals surface area (Å²) in [6, 6.07) is 14.4. The molecule has 0 aliphatic carbocycles. The van der Waals surface area contributed by atoms with Crippen molar-refractivity contribution in [1.82, 2.24) is 10.2 Å². The van der Waals surface area contributed by atoms with Gasteiger partial charge in [-0.15, -0.1) is 0 Å². The van der Waals surface area contributed by atoms with Crippen molar-refractivity contribution in [2.75, 3.05) is 38.7 Å². The Kier molecular flexibility index (Phi) is 7.08. The first-order chi connectivity index (χ1) is 14.1. The topological polar surface area (TPSA) is 79.9 Å². The molecule has 1 aliphatic rings. The van der Waals surface area contributed by atoms with Gasteiger partial charge in [-0.2, -0.15) is 0 Å². The number of carbonyl (C=O) groups excluding carboxylic acids is 2. The van der Waals surface area contributed by atoms with Gasteiger partial charge in [0.2, 0.25) is 0 Å². The standard InChI is InChI=1S/C22H27N3O4/c1-16-15-25(13-14-29-16)21(26)18-7-9-19(10-8-18)24-22(27)23-12-11-17-5-3-4-6-20(17)28-2/h3-10,16H,11-15H2,1-2H3,(H2,23,24,27). The van der Waals surface area contributed by atoms with Crippen LogP contribution in [-0.4, -0.2) is 56.3 Å². The number of hydrogen-bond donors (Lipinski definition) is 2. The molecule has 7 nitrogen and oxygen atoms in total. The molecule has 2 N–H and O–H groups in total. The van der Waals surface area contributed by atoms with Crippen molar-refractivity contribution in [2.24, 2.45) is 0 Å². The normalized spacial score (nSPS) is 16.2. The predicted molar refractivity (Wildman–Crippen MR) is 111 cm³/mol. The van der Waals surface area contributed by atoms with Crippen molar-refractivity contribution in [2.45, 2.75) is 19.4 Å². The summed E-state index contributed by atoms with van der Waals surface area (Å²) in [5.74, 6) is 0.789. The molecule has 3 amide bonds. The van der Waals surface area contributed by atoms with E-state index in [1.54, 1.807) is 36.3 Å². The molecule has 0 bridgehead atoms. The highest BCUT2D eigenvalue weighted by molar-refractivity contribution is 5.95. The molecule has 0 spiro atoms. The van der Waals surface area contributed by atoms with E-state index >= 15 is 0 Å². The van der Waals surface area contributed by atoms with Gasteiger partial charge in [-0.1, -0.05) is 18.2 Å². The SMILES string of the molecule is COc1ccccc1CCNC(=O)Nc1ccc(C(=O)N2CCOC(C)C2)cc1. The molecule has 1 heterocycles. The van der Waals surface area contributed by atoms with Gasteiger partial charge in [0.15, 0.2) is 0 Å². The lowest BCUT2D eigenvalue weighted by Gasteiger charge is -2.31. The molecule has 2 aromatic rings. The average molecular weight is 397 g/mol. The zero-order valence-corrected chi connectivity index (χ0v) is 16.8. The third-order valence-corrected chi connectivity index (χ3v) is 4.79. The zero-order chi connectivity index (χ0) is 20.6. The summed E-state index contributed by atoms with van der Waals surface area (Å²) in [5, 5.41) is 5.61. The Morgan fingerprint density at radius 3 is 2.66 bits per heavy atom. The van der Waals surface area contributed by atoms with E-state index in [0.29, 0.717) is 43.9 Å². The van der Waals surface area contributed by atoms with Crippen LogP contribution in [0.4, 0.5) is 10.5 Å². The summed E-state index contributed by atoms with van der Waals surface area (Å²) in [6.45, 7) is 4.18. The van der Waals surface area contributed by atoms with Crippen LogP contribution in [0.1, 0.15) is 22.8 Å². The maximum Gasteiger partial charge on any atom is 0.319 e. The minimum absolute atomic E-state index is 0.0204. The second kappa shape index (κ2) is 9.93. The third kappa shape index (κ3) is 5.71. The highest BCUT2D eigenvalue weighted by Gasteiger charge is 2.22. The summed E-state index contributed by atoms with van der Waals surface area (Å²) in [5.41, 5.74) is 2.27. The number of methoxy groups -OCH3 is 1. The fourth-order valence-electron chi connectivity index (χ4n) is 3.28. The van der Waals surface area contributed by atoms with Gasteiger partial charge >= 0.3 is 6.03 Å². The van der Waals surface area contributed by atoms with Crippen molar-refractivity contribution < 1.29 is 19.1 Å². The summed E-state index contributed by atoms with van der Waals surface area (Å²) >= 11 is 0. The van der Waals surface area contributed by atoms with Crippen LogP contribution in [-0.2, 0) is 11.2 Å². The fraction of sp³-hybridized carbons (Fsp3) is 0.364. The summed E-state index contributed by atoms with van der Waals surface area (Å²) in [6.07, 6.45) is 0.719. The number of ether oxygens (including phenoxy) is 2. The number of urea groups is 1. The van der Waals surface area contributed by atoms with Crippen molar-refractivity contribution in [3.05, 3.63) is 59.7 Å². The van der Waals surface area contributed by atoms with E-state index in [1.807, 2.05) is 31.2 Å². The first-order valence-corrected chi connectivity index (χ1v) is 9.74. The van der Waals surface area contributed by atoms with E-state index < -0.39 is 0 Å². The van der Waals surface area contributed by atoms with Gasteiger partial charge in [-0.25, -0.2) is 4.79 Å². The van der Waals surface area contributed by atoms with Crippen molar-refractivity contribution >= 4 is 17.6 Å². The Bertz CT molecular complexity index is 838. The number of benzene rings is 2. The molecule has 0 radical (unpaired) electrons. The number of nitrogens with one attached hydrogen (secondary N) is 2. The zero-order valence-electron chi connectivity index (χ0n) is 16.8. The van der Waals surface area contributed by atoms with Gasteiger partial charge in [0.1, 0.15) is 5.75 Å². The minimum Gasteiger partial charge on any atom is -0.496 e. The second-order valence-corrected chi connectivity index (χ2v) is 6.95. The molecule has 0 aromatic heterocycles. The van der Waals surface area contributed by atoms with Gasteiger partial charge in [0.25, 0.3) is 5.91 Å². The molecular weight excluding hydrogens is 370 g/mol. The second-order valence-electron chi connectivity index (χ2n) is 6.95. The molecule has 154 valence electrons. The lowest BCUT2D eigenvalue weighted by molar-refractivity contribution is -0.0124. The Morgan fingerprint density at radius 2 is 1.93 bits per heavy atom. The number of carbonyl (C=O) groups is 2. The van der Waals surface area contributed by atoms with Gasteiger partial charge in [0.05, 0.1) is 19.8 Å². The van der Waals surface area contributed by atoms with Crippen LogP contribution in [0.3, 0.4) is 0 Å². The van der Waals surface area contributed by atoms with Crippen molar-refractivity contribution in [1.29, 1.82) is 0 Å². The van der Waals surface area contributed by atoms with E-state index in [4.69, 9.17) is 9.47 Å². The van der Waals surface area contributed by atoms with Crippen molar-refractivity contribution in [3.8, 4) is 5.75 Å². The Balaban J connectivity index is 1.47. The number of amides is 3. The molecule has 1 aliphatic heterocycles. The molecule has 1 saturated heterocycles. The number of para-hydroxylation sites is 1. The first-order valence-electron chi connectivity index (χ1n) is 9.74. The number of morpholine rings is 1. The lowest BCUT2D eigenvalue weighted by Crippen LogP contribution is -2.44. The van der Waals surface area contributed by atoms with Crippen LogP contribution in [0.15, 0.2) is 48.5 Å². The molecule has 1 fully saturated rings. The fourth-order valence-corrected chi connectivity index (χ4v) is 3.28. The van der Waals surface area contributed by atoms with E-state index in [-0.39, 0.29) is 18.0 Å². The van der Waals surface area contributed by atoms with Crippen LogP contribution in [0, 0.1) is 0 Å². The Morgan fingerprint density at radius 1 is 1.17 bits per heavy atom. The van der Waals surface area contributed by atoms with Gasteiger partial charge in [-0.3, -0.25) is 4.79 Å². The quantitative estimate of drug-likeness (QED) is 0.786. The van der Waals surface area contributed by atoms with Gasteiger partial charge in [0, 0.05) is 30.9 Å². The molecule has 2 aromatic carbocycles. The van der Waals surface area contributed by atoms with Crippen LogP contribution in [0.5, 0.6) is 5.75 Å². The molecule has 0 saturated carbocycles. The highest BCUT2D eigenvalue weighted by atomic mass is 16.5. The van der Waals surface area contributed by atoms with Crippen molar-refractivity contribution in [3.63, 3.8) is 0 Å². The average Bonchev–Trinajstić information content (AvgIpc) is 2.74. The van der Waals surface area contributed by atoms with Gasteiger partial charge < -0.3 is 25.0 Å². The molecule has 3 rings (SSSR count). The molecule has 1 unspecified atom stereocenters. The van der Waals surface area contributed by atoms with E-state index in [1.165, 1.54) is 0 Å². The summed E-state index contributed by atoms with van der Waals surface area (Å²) < 4.78 is 10.8. The molecule has 1 atom stereocenters. The van der Waals surface area contributed by atoms with Crippen LogP contribution in [0.25, 0.3) is 0 Å². The number of anilines is 1. The minimum atomic E-state index is -0.291. The third-order valence-electron chi connectivity index (χ3n) is 4.79. The predicted octanol–water partition coefficient (Wildman–Crippen LogP) is 2.92. The Hall–Kier alpha value is -3.06. The largest absolute Gasteiger partial charge is 0.496 e. The molecule has 7 heteroatoms. The molecular formula is C22H27N3O4. The number of rotatable bonds is 6. The van der Waals surface area contributed by atoms with E-state index in [0.717, 1.165) is 11.3 Å². The number of hydrogen-bond acceptors (Lipinski definition) is 4. The van der Waals surface area contributed by atoms with Crippen LogP contribution in [0.2, 0.25) is 0 Å². The van der Waals surface area contributed by atoms with Gasteiger partial charge in [-0.05, 0) is 49.2 Å². The maximum atomic E-state index is 12.6. The van der Waals surface area contributed by atoms with Crippen LogP contribution >= 0.6 is 0 Å². The smallest absolute Gasteiger partial charge is 0.319 e. The maximum absolute atomic E-state index is 12.6. The van der Waals surface area contributed by atoms with E-state index in [9.17, 15) is 9.59 Å². The monoisotopic (exact) mass is 397 g/mol. The highest BCUT2D eigenvalue weighted by Crippen LogP contribution is 2.17. The Labute approximate surface area is 171 Å². The van der Waals surface area contributed by atoms with E-state index in [2.05, 4.69) is 10.6 Å². The first kappa shape index (κ1) is 20.7. The summed E-state index contributed by atoms with van der Waals surface area (Å²) in [7, 11) is 1.63. The summed E-state index contributed by atoms with van der Waals surface area (Å²) in [4.78, 5) is 26.5.